The smallest absolute Gasteiger partial charge is 0.268 e. The second kappa shape index (κ2) is 9.42. The SMILES string of the molecule is COc1cc(N(c2cc(C)c(Br)cc2C)S(=O)(=O)c2ccc(C)cc2)cc(OC)c1OC. The minimum absolute atomic E-state index is 0.178. The highest BCUT2D eigenvalue weighted by molar-refractivity contribution is 9.10. The number of halogens is 1. The van der Waals surface area contributed by atoms with E-state index in [0.717, 1.165) is 21.2 Å². The van der Waals surface area contributed by atoms with Crippen LogP contribution in [0.2, 0.25) is 0 Å². The summed E-state index contributed by atoms with van der Waals surface area (Å²) in [6.07, 6.45) is 0. The number of methoxy groups -OCH3 is 3. The largest absolute Gasteiger partial charge is 0.493 e. The average molecular weight is 520 g/mol. The van der Waals surface area contributed by atoms with Crippen molar-refractivity contribution in [1.82, 2.24) is 0 Å². The summed E-state index contributed by atoms with van der Waals surface area (Å²) in [6, 6.07) is 13.8. The third-order valence-electron chi connectivity index (χ3n) is 5.14. The zero-order valence-electron chi connectivity index (χ0n) is 18.9. The van der Waals surface area contributed by atoms with E-state index in [4.69, 9.17) is 14.2 Å². The van der Waals surface area contributed by atoms with Crippen molar-refractivity contribution < 1.29 is 22.6 Å². The fourth-order valence-electron chi connectivity index (χ4n) is 3.39. The van der Waals surface area contributed by atoms with Crippen LogP contribution in [0.1, 0.15) is 16.7 Å². The molecular formula is C24H26BrNO5S. The predicted octanol–water partition coefficient (Wildman–Crippen LogP) is 5.93. The van der Waals surface area contributed by atoms with Gasteiger partial charge < -0.3 is 14.2 Å². The lowest BCUT2D eigenvalue weighted by atomic mass is 10.1. The highest BCUT2D eigenvalue weighted by atomic mass is 79.9. The Morgan fingerprint density at radius 3 is 1.84 bits per heavy atom. The number of benzene rings is 3. The van der Waals surface area contributed by atoms with Gasteiger partial charge >= 0.3 is 0 Å². The highest BCUT2D eigenvalue weighted by Crippen LogP contribution is 2.45. The Labute approximate surface area is 197 Å². The van der Waals surface area contributed by atoms with Crippen LogP contribution in [-0.4, -0.2) is 29.7 Å². The van der Waals surface area contributed by atoms with Gasteiger partial charge in [0.05, 0.1) is 37.6 Å². The van der Waals surface area contributed by atoms with Gasteiger partial charge in [-0.05, 0) is 56.2 Å². The number of sulfonamides is 1. The van der Waals surface area contributed by atoms with Crippen molar-refractivity contribution in [3.8, 4) is 17.2 Å². The second-order valence-electron chi connectivity index (χ2n) is 7.35. The first kappa shape index (κ1) is 23.9. The summed E-state index contributed by atoms with van der Waals surface area (Å²) in [4.78, 5) is 0.178. The van der Waals surface area contributed by atoms with Crippen molar-refractivity contribution in [3.05, 3.63) is 69.7 Å². The number of nitrogens with zero attached hydrogens (tertiary/aromatic N) is 1. The van der Waals surface area contributed by atoms with Crippen LogP contribution in [0.25, 0.3) is 0 Å². The highest BCUT2D eigenvalue weighted by Gasteiger charge is 2.30. The number of anilines is 2. The van der Waals surface area contributed by atoms with Crippen molar-refractivity contribution in [3.63, 3.8) is 0 Å². The molecule has 8 heteroatoms. The molecule has 0 bridgehead atoms. The number of aryl methyl sites for hydroxylation is 3. The van der Waals surface area contributed by atoms with E-state index in [1.54, 1.807) is 36.4 Å². The summed E-state index contributed by atoms with van der Waals surface area (Å²) in [5, 5.41) is 0. The molecular weight excluding hydrogens is 494 g/mol. The molecule has 0 radical (unpaired) electrons. The number of hydrogen-bond donors (Lipinski definition) is 0. The zero-order chi connectivity index (χ0) is 23.6. The maximum absolute atomic E-state index is 13.9. The van der Waals surface area contributed by atoms with Gasteiger partial charge in [-0.1, -0.05) is 33.6 Å². The molecule has 6 nitrogen and oxygen atoms in total. The summed E-state index contributed by atoms with van der Waals surface area (Å²) >= 11 is 3.53. The first-order valence-corrected chi connectivity index (χ1v) is 12.1. The van der Waals surface area contributed by atoms with Crippen LogP contribution < -0.4 is 18.5 Å². The standard InChI is InChI=1S/C24H26BrNO5S/c1-15-7-9-19(10-8-15)32(27,28)26(21-12-16(2)20(25)11-17(21)3)18-13-22(29-4)24(31-6)23(14-18)30-5/h7-14H,1-6H3. The van der Waals surface area contributed by atoms with Gasteiger partial charge in [0, 0.05) is 16.6 Å². The van der Waals surface area contributed by atoms with Crippen LogP contribution in [0.5, 0.6) is 17.2 Å². The molecule has 0 aliphatic rings. The summed E-state index contributed by atoms with van der Waals surface area (Å²) in [5.74, 6) is 1.10. The predicted molar refractivity (Wildman–Crippen MR) is 130 cm³/mol. The molecule has 0 spiro atoms. The van der Waals surface area contributed by atoms with Crippen LogP contribution in [-0.2, 0) is 10.0 Å². The third kappa shape index (κ3) is 4.42. The Morgan fingerprint density at radius 2 is 1.34 bits per heavy atom. The molecule has 0 aliphatic carbocycles. The third-order valence-corrected chi connectivity index (χ3v) is 7.75. The topological polar surface area (TPSA) is 65.1 Å². The minimum Gasteiger partial charge on any atom is -0.493 e. The van der Waals surface area contributed by atoms with Crippen LogP contribution in [0.15, 0.2) is 57.9 Å². The molecule has 0 heterocycles. The molecule has 170 valence electrons. The molecule has 32 heavy (non-hydrogen) atoms. The van der Waals surface area contributed by atoms with E-state index in [9.17, 15) is 8.42 Å². The molecule has 0 atom stereocenters. The number of hydrogen-bond acceptors (Lipinski definition) is 5. The van der Waals surface area contributed by atoms with Crippen molar-refractivity contribution in [1.29, 1.82) is 0 Å². The van der Waals surface area contributed by atoms with E-state index in [1.165, 1.54) is 25.6 Å². The van der Waals surface area contributed by atoms with Crippen LogP contribution in [0.3, 0.4) is 0 Å². The van der Waals surface area contributed by atoms with Crippen molar-refractivity contribution in [2.24, 2.45) is 0 Å². The number of ether oxygens (including phenoxy) is 3. The normalized spacial score (nSPS) is 11.2. The van der Waals surface area contributed by atoms with E-state index in [-0.39, 0.29) is 4.90 Å². The van der Waals surface area contributed by atoms with Crippen LogP contribution >= 0.6 is 15.9 Å². The van der Waals surface area contributed by atoms with E-state index in [0.29, 0.717) is 28.6 Å². The molecule has 0 saturated heterocycles. The molecule has 3 aromatic carbocycles. The monoisotopic (exact) mass is 519 g/mol. The molecule has 0 aliphatic heterocycles. The summed E-state index contributed by atoms with van der Waals surface area (Å²) in [6.45, 7) is 5.70. The Balaban J connectivity index is 2.37. The quantitative estimate of drug-likeness (QED) is 0.387. The Kier molecular flexibility index (Phi) is 7.05. The van der Waals surface area contributed by atoms with Crippen LogP contribution in [0.4, 0.5) is 11.4 Å². The fourth-order valence-corrected chi connectivity index (χ4v) is 5.38. The molecule has 0 unspecified atom stereocenters. The lowest BCUT2D eigenvalue weighted by molar-refractivity contribution is 0.324. The first-order valence-electron chi connectivity index (χ1n) is 9.82. The van der Waals surface area contributed by atoms with E-state index in [2.05, 4.69) is 15.9 Å². The Hall–Kier alpha value is -2.71. The minimum atomic E-state index is -3.98. The van der Waals surface area contributed by atoms with Gasteiger partial charge in [0.1, 0.15) is 0 Å². The second-order valence-corrected chi connectivity index (χ2v) is 9.99. The van der Waals surface area contributed by atoms with E-state index < -0.39 is 10.0 Å². The Morgan fingerprint density at radius 1 is 0.781 bits per heavy atom. The summed E-state index contributed by atoms with van der Waals surface area (Å²) < 4.78 is 46.5. The van der Waals surface area contributed by atoms with Gasteiger partial charge in [-0.3, -0.25) is 0 Å². The maximum Gasteiger partial charge on any atom is 0.268 e. The van der Waals surface area contributed by atoms with Gasteiger partial charge in [-0.25, -0.2) is 12.7 Å². The van der Waals surface area contributed by atoms with Gasteiger partial charge in [0.25, 0.3) is 10.0 Å². The van der Waals surface area contributed by atoms with Gasteiger partial charge in [0.2, 0.25) is 5.75 Å². The van der Waals surface area contributed by atoms with Crippen molar-refractivity contribution in [2.75, 3.05) is 25.6 Å². The van der Waals surface area contributed by atoms with Gasteiger partial charge in [0.15, 0.2) is 11.5 Å². The molecule has 0 N–H and O–H groups in total. The lowest BCUT2D eigenvalue weighted by Crippen LogP contribution is -2.27. The number of rotatable bonds is 7. The first-order chi connectivity index (χ1) is 15.1. The molecule has 0 aromatic heterocycles. The van der Waals surface area contributed by atoms with Crippen molar-refractivity contribution in [2.45, 2.75) is 25.7 Å². The average Bonchev–Trinajstić information content (AvgIpc) is 2.76. The molecule has 0 fully saturated rings. The van der Waals surface area contributed by atoms with Crippen LogP contribution in [0, 0.1) is 20.8 Å². The van der Waals surface area contributed by atoms with Crippen molar-refractivity contribution >= 4 is 37.3 Å². The maximum atomic E-state index is 13.9. The lowest BCUT2D eigenvalue weighted by Gasteiger charge is -2.28. The molecule has 3 aromatic rings. The summed E-state index contributed by atoms with van der Waals surface area (Å²) in [7, 11) is 0.513. The van der Waals surface area contributed by atoms with Gasteiger partial charge in [-0.15, -0.1) is 0 Å². The zero-order valence-corrected chi connectivity index (χ0v) is 21.3. The molecule has 3 rings (SSSR count). The van der Waals surface area contributed by atoms with E-state index in [1.807, 2.05) is 32.9 Å². The molecule has 0 amide bonds. The van der Waals surface area contributed by atoms with E-state index >= 15 is 0 Å². The van der Waals surface area contributed by atoms with Gasteiger partial charge in [-0.2, -0.15) is 0 Å². The fraction of sp³-hybridized carbons (Fsp3) is 0.250. The Bertz CT molecular complexity index is 1210. The molecule has 0 saturated carbocycles. The summed E-state index contributed by atoms with van der Waals surface area (Å²) in [5.41, 5.74) is 3.55.